The quantitative estimate of drug-likeness (QED) is 0.871. The molecule has 1 N–H and O–H groups in total. The summed E-state index contributed by atoms with van der Waals surface area (Å²) in [6, 6.07) is 3.85. The maximum Gasteiger partial charge on any atom is 0.433 e. The smallest absolute Gasteiger partial charge is 0.376 e. The zero-order valence-corrected chi connectivity index (χ0v) is 9.29. The van der Waals surface area contributed by atoms with Crippen LogP contribution in [-0.2, 0) is 10.9 Å². The van der Waals surface area contributed by atoms with Crippen LogP contribution < -0.4 is 5.32 Å². The van der Waals surface area contributed by atoms with Crippen molar-refractivity contribution in [1.29, 1.82) is 0 Å². The van der Waals surface area contributed by atoms with E-state index >= 15 is 0 Å². The van der Waals surface area contributed by atoms with Gasteiger partial charge in [-0.15, -0.1) is 0 Å². The maximum absolute atomic E-state index is 12.4. The number of rotatable bonds is 2. The van der Waals surface area contributed by atoms with E-state index in [1.54, 1.807) is 0 Å². The van der Waals surface area contributed by atoms with E-state index in [1.165, 1.54) is 12.1 Å². The summed E-state index contributed by atoms with van der Waals surface area (Å²) in [4.78, 5) is 3.55. The van der Waals surface area contributed by atoms with E-state index in [0.29, 0.717) is 6.61 Å². The number of pyridine rings is 1. The summed E-state index contributed by atoms with van der Waals surface area (Å²) >= 11 is 0. The van der Waals surface area contributed by atoms with Crippen LogP contribution in [0.15, 0.2) is 18.2 Å². The Hall–Kier alpha value is -1.30. The van der Waals surface area contributed by atoms with Gasteiger partial charge >= 0.3 is 6.18 Å². The van der Waals surface area contributed by atoms with Gasteiger partial charge in [-0.2, -0.15) is 13.2 Å². The molecule has 1 saturated heterocycles. The highest BCUT2D eigenvalue weighted by Gasteiger charge is 2.33. The standard InChI is InChI=1S/C11H13F3N2O/c1-7-8(5-6-17-7)15-10-4-2-3-9(16-10)11(12,13)14/h2-4,7-8H,5-6H2,1H3,(H,15,16). The van der Waals surface area contributed by atoms with Gasteiger partial charge in [0.2, 0.25) is 0 Å². The molecule has 0 spiro atoms. The van der Waals surface area contributed by atoms with Crippen LogP contribution in [0.3, 0.4) is 0 Å². The van der Waals surface area contributed by atoms with Gasteiger partial charge in [0.15, 0.2) is 0 Å². The Morgan fingerprint density at radius 1 is 1.41 bits per heavy atom. The summed E-state index contributed by atoms with van der Waals surface area (Å²) in [6.45, 7) is 2.51. The second-order valence-corrected chi connectivity index (χ2v) is 4.02. The molecule has 0 aliphatic carbocycles. The number of anilines is 1. The number of nitrogens with zero attached hydrogens (tertiary/aromatic N) is 1. The van der Waals surface area contributed by atoms with Crippen molar-refractivity contribution in [2.75, 3.05) is 11.9 Å². The van der Waals surface area contributed by atoms with E-state index < -0.39 is 11.9 Å². The summed E-state index contributed by atoms with van der Waals surface area (Å²) in [6.07, 6.45) is -3.64. The lowest BCUT2D eigenvalue weighted by atomic mass is 10.1. The SMILES string of the molecule is CC1OCCC1Nc1cccc(C(F)(F)F)n1. The van der Waals surface area contributed by atoms with Gasteiger partial charge in [-0.25, -0.2) is 4.98 Å². The van der Waals surface area contributed by atoms with Crippen LogP contribution >= 0.6 is 0 Å². The molecule has 1 fully saturated rings. The molecule has 1 aromatic rings. The molecule has 1 aromatic heterocycles. The van der Waals surface area contributed by atoms with Gasteiger partial charge in [-0.1, -0.05) is 6.07 Å². The van der Waals surface area contributed by atoms with E-state index in [2.05, 4.69) is 10.3 Å². The molecule has 2 heterocycles. The fourth-order valence-corrected chi connectivity index (χ4v) is 1.78. The Balaban J connectivity index is 2.11. The average molecular weight is 246 g/mol. The summed E-state index contributed by atoms with van der Waals surface area (Å²) in [7, 11) is 0. The number of nitrogens with one attached hydrogen (secondary N) is 1. The van der Waals surface area contributed by atoms with Gasteiger partial charge < -0.3 is 10.1 Å². The van der Waals surface area contributed by atoms with Gasteiger partial charge in [0, 0.05) is 6.61 Å². The summed E-state index contributed by atoms with van der Waals surface area (Å²) < 4.78 is 42.7. The van der Waals surface area contributed by atoms with Crippen LogP contribution in [0.25, 0.3) is 0 Å². The minimum atomic E-state index is -4.41. The number of aromatic nitrogens is 1. The van der Waals surface area contributed by atoms with Crippen molar-refractivity contribution in [3.8, 4) is 0 Å². The summed E-state index contributed by atoms with van der Waals surface area (Å²) in [5, 5.41) is 2.97. The Morgan fingerprint density at radius 2 is 2.18 bits per heavy atom. The molecule has 1 aliphatic rings. The molecule has 0 saturated carbocycles. The normalized spacial score (nSPS) is 24.9. The Labute approximate surface area is 97.0 Å². The number of hydrogen-bond donors (Lipinski definition) is 1. The molecule has 2 rings (SSSR count). The van der Waals surface area contributed by atoms with Gasteiger partial charge in [0.05, 0.1) is 12.1 Å². The Morgan fingerprint density at radius 3 is 2.76 bits per heavy atom. The van der Waals surface area contributed by atoms with E-state index in [4.69, 9.17) is 4.74 Å². The first-order chi connectivity index (χ1) is 7.97. The van der Waals surface area contributed by atoms with Crippen LogP contribution in [0.4, 0.5) is 19.0 Å². The number of halogens is 3. The highest BCUT2D eigenvalue weighted by molar-refractivity contribution is 5.37. The molecule has 0 bridgehead atoms. The lowest BCUT2D eigenvalue weighted by Crippen LogP contribution is -2.27. The van der Waals surface area contributed by atoms with Crippen LogP contribution in [0.5, 0.6) is 0 Å². The second kappa shape index (κ2) is 4.52. The lowest BCUT2D eigenvalue weighted by molar-refractivity contribution is -0.141. The third-order valence-electron chi connectivity index (χ3n) is 2.75. The highest BCUT2D eigenvalue weighted by atomic mass is 19.4. The van der Waals surface area contributed by atoms with Crippen molar-refractivity contribution >= 4 is 5.82 Å². The first kappa shape index (κ1) is 12.2. The zero-order chi connectivity index (χ0) is 12.5. The Bertz CT molecular complexity index is 395. The second-order valence-electron chi connectivity index (χ2n) is 4.02. The van der Waals surface area contributed by atoms with E-state index in [1.807, 2.05) is 6.92 Å². The minimum absolute atomic E-state index is 0.00802. The fraction of sp³-hybridized carbons (Fsp3) is 0.545. The average Bonchev–Trinajstić information content (AvgIpc) is 2.64. The predicted molar refractivity (Wildman–Crippen MR) is 56.7 cm³/mol. The van der Waals surface area contributed by atoms with E-state index in [9.17, 15) is 13.2 Å². The number of hydrogen-bond acceptors (Lipinski definition) is 3. The van der Waals surface area contributed by atoms with E-state index in [0.717, 1.165) is 12.5 Å². The van der Waals surface area contributed by atoms with Crippen LogP contribution in [0.2, 0.25) is 0 Å². The van der Waals surface area contributed by atoms with Gasteiger partial charge in [0.25, 0.3) is 0 Å². The third kappa shape index (κ3) is 2.88. The van der Waals surface area contributed by atoms with Crippen LogP contribution in [0, 0.1) is 0 Å². The van der Waals surface area contributed by atoms with Gasteiger partial charge in [-0.05, 0) is 25.5 Å². The first-order valence-corrected chi connectivity index (χ1v) is 5.39. The van der Waals surface area contributed by atoms with E-state index in [-0.39, 0.29) is 18.0 Å². The van der Waals surface area contributed by atoms with Crippen molar-refractivity contribution in [2.45, 2.75) is 31.7 Å². The Kier molecular flexibility index (Phi) is 3.24. The van der Waals surface area contributed by atoms with Crippen molar-refractivity contribution in [3.05, 3.63) is 23.9 Å². The molecule has 3 nitrogen and oxygen atoms in total. The van der Waals surface area contributed by atoms with Gasteiger partial charge in [-0.3, -0.25) is 0 Å². The molecule has 0 aromatic carbocycles. The molecule has 94 valence electrons. The maximum atomic E-state index is 12.4. The summed E-state index contributed by atoms with van der Waals surface area (Å²) in [5.41, 5.74) is -0.880. The summed E-state index contributed by atoms with van der Waals surface area (Å²) in [5.74, 6) is 0.238. The molecule has 0 radical (unpaired) electrons. The van der Waals surface area contributed by atoms with Crippen LogP contribution in [0.1, 0.15) is 19.0 Å². The van der Waals surface area contributed by atoms with Crippen molar-refractivity contribution in [3.63, 3.8) is 0 Å². The van der Waals surface area contributed by atoms with Gasteiger partial charge in [0.1, 0.15) is 11.5 Å². The largest absolute Gasteiger partial charge is 0.433 e. The van der Waals surface area contributed by atoms with Crippen molar-refractivity contribution in [1.82, 2.24) is 4.98 Å². The monoisotopic (exact) mass is 246 g/mol. The molecule has 2 unspecified atom stereocenters. The number of ether oxygens (including phenoxy) is 1. The molecule has 1 aliphatic heterocycles. The molecule has 0 amide bonds. The molecule has 6 heteroatoms. The first-order valence-electron chi connectivity index (χ1n) is 5.39. The zero-order valence-electron chi connectivity index (χ0n) is 9.29. The van der Waals surface area contributed by atoms with Crippen molar-refractivity contribution in [2.24, 2.45) is 0 Å². The topological polar surface area (TPSA) is 34.1 Å². The number of alkyl halides is 3. The minimum Gasteiger partial charge on any atom is -0.376 e. The molecular formula is C11H13F3N2O. The molecular weight excluding hydrogens is 233 g/mol. The lowest BCUT2D eigenvalue weighted by Gasteiger charge is -2.17. The third-order valence-corrected chi connectivity index (χ3v) is 2.75. The predicted octanol–water partition coefficient (Wildman–Crippen LogP) is 2.69. The molecule has 17 heavy (non-hydrogen) atoms. The molecule has 2 atom stereocenters. The van der Waals surface area contributed by atoms with Crippen molar-refractivity contribution < 1.29 is 17.9 Å². The fourth-order valence-electron chi connectivity index (χ4n) is 1.78. The van der Waals surface area contributed by atoms with Crippen LogP contribution in [-0.4, -0.2) is 23.7 Å². The highest BCUT2D eigenvalue weighted by Crippen LogP contribution is 2.28.